The zero-order valence-electron chi connectivity index (χ0n) is 19.2. The van der Waals surface area contributed by atoms with E-state index in [1.165, 1.54) is 26.9 Å². The van der Waals surface area contributed by atoms with Gasteiger partial charge in [0, 0.05) is 40.1 Å². The Balaban J connectivity index is 1.45. The normalized spacial score (nSPS) is 11.9. The summed E-state index contributed by atoms with van der Waals surface area (Å²) < 4.78 is 0. The van der Waals surface area contributed by atoms with Crippen LogP contribution < -0.4 is 0 Å². The summed E-state index contributed by atoms with van der Waals surface area (Å²) in [5.41, 5.74) is 5.12. The van der Waals surface area contributed by atoms with E-state index in [1.807, 2.05) is 6.20 Å². The molecule has 4 nitrogen and oxygen atoms in total. The van der Waals surface area contributed by atoms with E-state index in [9.17, 15) is 0 Å². The van der Waals surface area contributed by atoms with E-state index in [0.717, 1.165) is 49.2 Å². The van der Waals surface area contributed by atoms with Crippen LogP contribution in [0.15, 0.2) is 110 Å². The van der Waals surface area contributed by atoms with E-state index in [2.05, 4.69) is 99.9 Å². The molecule has 0 saturated carbocycles. The van der Waals surface area contributed by atoms with Crippen LogP contribution in [0.1, 0.15) is 0 Å². The molecule has 36 heavy (non-hydrogen) atoms. The molecule has 0 radical (unpaired) electrons. The second-order valence-electron chi connectivity index (χ2n) is 9.15. The van der Waals surface area contributed by atoms with Gasteiger partial charge in [0.2, 0.25) is 0 Å². The molecule has 0 aliphatic carbocycles. The summed E-state index contributed by atoms with van der Waals surface area (Å²) in [7, 11) is 0. The number of aromatic nitrogens is 4. The molecule has 0 amide bonds. The summed E-state index contributed by atoms with van der Waals surface area (Å²) in [4.78, 5) is 18.4. The molecule has 0 bridgehead atoms. The minimum atomic E-state index is 0.929. The average Bonchev–Trinajstić information content (AvgIpc) is 2.97. The van der Waals surface area contributed by atoms with Crippen LogP contribution in [-0.2, 0) is 0 Å². The summed E-state index contributed by atoms with van der Waals surface area (Å²) in [5, 5.41) is 10.4. The monoisotopic (exact) mass is 458 g/mol. The van der Waals surface area contributed by atoms with E-state index in [1.54, 1.807) is 18.7 Å². The van der Waals surface area contributed by atoms with E-state index < -0.39 is 0 Å². The Morgan fingerprint density at radius 1 is 0.389 bits per heavy atom. The Morgan fingerprint density at radius 2 is 0.889 bits per heavy atom. The molecule has 0 fully saturated rings. The van der Waals surface area contributed by atoms with Gasteiger partial charge in [-0.15, -0.1) is 0 Å². The molecule has 8 aromatic rings. The lowest BCUT2D eigenvalue weighted by atomic mass is 9.93. The molecule has 6 aromatic carbocycles. The zero-order chi connectivity index (χ0) is 23.6. The van der Waals surface area contributed by atoms with Gasteiger partial charge in [0.05, 0.1) is 16.6 Å². The second kappa shape index (κ2) is 7.27. The van der Waals surface area contributed by atoms with Crippen LogP contribution in [0, 0.1) is 0 Å². The third-order valence-corrected chi connectivity index (χ3v) is 7.27. The summed E-state index contributed by atoms with van der Waals surface area (Å²) >= 11 is 0. The van der Waals surface area contributed by atoms with Gasteiger partial charge in [-0.05, 0) is 50.2 Å². The van der Waals surface area contributed by atoms with Crippen LogP contribution in [-0.4, -0.2) is 19.9 Å². The fourth-order valence-corrected chi connectivity index (χ4v) is 5.66. The fraction of sp³-hybridized carbons (Fsp3) is 0. The molecule has 0 aliphatic rings. The lowest BCUT2D eigenvalue weighted by Crippen LogP contribution is -1.90. The summed E-state index contributed by atoms with van der Waals surface area (Å²) in [6.07, 6.45) is 7.10. The van der Waals surface area contributed by atoms with Gasteiger partial charge in [0.15, 0.2) is 0 Å². The third-order valence-electron chi connectivity index (χ3n) is 7.27. The standard InChI is InChI=1S/C32H18N4/c1-2-7-23-21(5-1)24-11-9-19(15-27(24)30-29(23)17-33-18-36-30)20-10-12-25-22-6-3-4-8-26(22)31-32(28(25)16-20)35-14-13-34-31/h1-18H. The Hall–Kier alpha value is -4.96. The van der Waals surface area contributed by atoms with Crippen molar-refractivity contribution >= 4 is 65.0 Å². The molecule has 0 atom stereocenters. The largest absolute Gasteiger partial charge is 0.252 e. The number of benzene rings is 6. The smallest absolute Gasteiger partial charge is 0.116 e. The number of hydrogen-bond donors (Lipinski definition) is 0. The summed E-state index contributed by atoms with van der Waals surface area (Å²) in [6, 6.07) is 30.3. The van der Waals surface area contributed by atoms with Crippen LogP contribution in [0.25, 0.3) is 76.2 Å². The van der Waals surface area contributed by atoms with E-state index in [0.29, 0.717) is 0 Å². The first-order valence-electron chi connectivity index (χ1n) is 12.0. The predicted octanol–water partition coefficient (Wildman–Crippen LogP) is 7.85. The first kappa shape index (κ1) is 19.4. The SMILES string of the molecule is c1ccc2c(c1)c1ccc(-c3ccc4c5ccccc5c5nccnc5c4c3)cc1c1ncncc21. The highest BCUT2D eigenvalue weighted by Gasteiger charge is 2.13. The maximum Gasteiger partial charge on any atom is 0.116 e. The Bertz CT molecular complexity index is 1940. The van der Waals surface area contributed by atoms with Crippen molar-refractivity contribution < 1.29 is 0 Å². The van der Waals surface area contributed by atoms with Gasteiger partial charge in [-0.1, -0.05) is 72.8 Å². The minimum absolute atomic E-state index is 0.929. The first-order chi connectivity index (χ1) is 17.9. The molecule has 2 heterocycles. The maximum absolute atomic E-state index is 4.74. The molecule has 0 saturated heterocycles. The van der Waals surface area contributed by atoms with Crippen molar-refractivity contribution in [1.82, 2.24) is 19.9 Å². The van der Waals surface area contributed by atoms with Crippen LogP contribution >= 0.6 is 0 Å². The summed E-state index contributed by atoms with van der Waals surface area (Å²) in [5.74, 6) is 0. The van der Waals surface area contributed by atoms with Crippen LogP contribution in [0.2, 0.25) is 0 Å². The average molecular weight is 459 g/mol. The molecule has 2 aromatic heterocycles. The number of nitrogens with zero attached hydrogens (tertiary/aromatic N) is 4. The molecule has 4 heteroatoms. The number of fused-ring (bicyclic) bond motifs is 12. The van der Waals surface area contributed by atoms with E-state index in [-0.39, 0.29) is 0 Å². The minimum Gasteiger partial charge on any atom is -0.252 e. The van der Waals surface area contributed by atoms with Gasteiger partial charge in [-0.25, -0.2) is 9.97 Å². The van der Waals surface area contributed by atoms with Crippen molar-refractivity contribution in [2.24, 2.45) is 0 Å². The quantitative estimate of drug-likeness (QED) is 0.235. The van der Waals surface area contributed by atoms with Crippen LogP contribution in [0.3, 0.4) is 0 Å². The predicted molar refractivity (Wildman–Crippen MR) is 148 cm³/mol. The molecule has 0 unspecified atom stereocenters. The molecule has 0 spiro atoms. The summed E-state index contributed by atoms with van der Waals surface area (Å²) in [6.45, 7) is 0. The Kier molecular flexibility index (Phi) is 3.91. The fourth-order valence-electron chi connectivity index (χ4n) is 5.66. The number of rotatable bonds is 1. The lowest BCUT2D eigenvalue weighted by molar-refractivity contribution is 1.23. The lowest BCUT2D eigenvalue weighted by Gasteiger charge is -2.12. The molecule has 0 N–H and O–H groups in total. The first-order valence-corrected chi connectivity index (χ1v) is 12.0. The third kappa shape index (κ3) is 2.64. The highest BCUT2D eigenvalue weighted by atomic mass is 14.8. The van der Waals surface area contributed by atoms with Gasteiger partial charge in [-0.3, -0.25) is 9.97 Å². The highest BCUT2D eigenvalue weighted by molar-refractivity contribution is 6.25. The van der Waals surface area contributed by atoms with Crippen molar-refractivity contribution in [2.75, 3.05) is 0 Å². The van der Waals surface area contributed by atoms with Crippen molar-refractivity contribution in [3.63, 3.8) is 0 Å². The Labute approximate surface area is 205 Å². The van der Waals surface area contributed by atoms with Gasteiger partial charge in [0.1, 0.15) is 6.33 Å². The van der Waals surface area contributed by atoms with Crippen LogP contribution in [0.4, 0.5) is 0 Å². The van der Waals surface area contributed by atoms with Gasteiger partial charge in [-0.2, -0.15) is 0 Å². The van der Waals surface area contributed by atoms with Crippen LogP contribution in [0.5, 0.6) is 0 Å². The van der Waals surface area contributed by atoms with Gasteiger partial charge >= 0.3 is 0 Å². The van der Waals surface area contributed by atoms with Crippen molar-refractivity contribution in [1.29, 1.82) is 0 Å². The topological polar surface area (TPSA) is 51.6 Å². The maximum atomic E-state index is 4.74. The van der Waals surface area contributed by atoms with Crippen molar-refractivity contribution in [3.8, 4) is 11.1 Å². The number of hydrogen-bond acceptors (Lipinski definition) is 4. The highest BCUT2D eigenvalue weighted by Crippen LogP contribution is 2.38. The molecular weight excluding hydrogens is 440 g/mol. The molecular formula is C32H18N4. The van der Waals surface area contributed by atoms with Gasteiger partial charge < -0.3 is 0 Å². The second-order valence-corrected chi connectivity index (χ2v) is 9.15. The van der Waals surface area contributed by atoms with E-state index >= 15 is 0 Å². The zero-order valence-corrected chi connectivity index (χ0v) is 19.2. The van der Waals surface area contributed by atoms with E-state index in [4.69, 9.17) is 4.98 Å². The molecule has 166 valence electrons. The molecule has 0 aliphatic heterocycles. The van der Waals surface area contributed by atoms with Gasteiger partial charge in [0.25, 0.3) is 0 Å². The van der Waals surface area contributed by atoms with Crippen molar-refractivity contribution in [3.05, 3.63) is 110 Å². The van der Waals surface area contributed by atoms with Crippen molar-refractivity contribution in [2.45, 2.75) is 0 Å². The molecule has 8 rings (SSSR count). The Morgan fingerprint density at radius 3 is 1.56 bits per heavy atom.